The van der Waals surface area contributed by atoms with E-state index in [1.807, 2.05) is 48.2 Å². The minimum Gasteiger partial charge on any atom is -0.456 e. The molecule has 1 aliphatic heterocycles. The Bertz CT molecular complexity index is 1170. The third kappa shape index (κ3) is 5.46. The van der Waals surface area contributed by atoms with Gasteiger partial charge in [-0.3, -0.25) is 14.5 Å². The predicted molar refractivity (Wildman–Crippen MR) is 126 cm³/mol. The lowest BCUT2D eigenvalue weighted by molar-refractivity contribution is -0.128. The third-order valence-electron chi connectivity index (χ3n) is 5.39. The Hall–Kier alpha value is -3.52. The van der Waals surface area contributed by atoms with Gasteiger partial charge in [0.05, 0.1) is 16.9 Å². The molecule has 1 saturated heterocycles. The molecule has 7 nitrogen and oxygen atoms in total. The van der Waals surface area contributed by atoms with Crippen LogP contribution in [0.4, 0.5) is 10.8 Å². The van der Waals surface area contributed by atoms with Crippen LogP contribution in [0.1, 0.15) is 46.9 Å². The summed E-state index contributed by atoms with van der Waals surface area (Å²) in [6.45, 7) is 4.81. The number of carbonyl (C=O) groups is 3. The first-order valence-corrected chi connectivity index (χ1v) is 11.6. The summed E-state index contributed by atoms with van der Waals surface area (Å²) in [6, 6.07) is 14.7. The molecule has 2 amide bonds. The van der Waals surface area contributed by atoms with Gasteiger partial charge in [-0.05, 0) is 48.7 Å². The largest absolute Gasteiger partial charge is 0.456 e. The number of thiazole rings is 1. The SMILES string of the molecule is CC(=O)N(c1cccc(C)c1)c1nc(COC(=O)c2ccc(CN3CCCC3=O)cc2)cs1. The van der Waals surface area contributed by atoms with Crippen LogP contribution < -0.4 is 4.90 Å². The maximum Gasteiger partial charge on any atom is 0.338 e. The summed E-state index contributed by atoms with van der Waals surface area (Å²) in [5.74, 6) is -0.420. The van der Waals surface area contributed by atoms with Crippen molar-refractivity contribution in [2.45, 2.75) is 39.8 Å². The molecule has 0 N–H and O–H groups in total. The summed E-state index contributed by atoms with van der Waals surface area (Å²) in [7, 11) is 0. The van der Waals surface area contributed by atoms with Gasteiger partial charge in [-0.15, -0.1) is 11.3 Å². The van der Waals surface area contributed by atoms with Gasteiger partial charge in [0, 0.05) is 31.8 Å². The van der Waals surface area contributed by atoms with Crippen molar-refractivity contribution < 1.29 is 19.1 Å². The minimum atomic E-state index is -0.449. The van der Waals surface area contributed by atoms with Crippen molar-refractivity contribution >= 4 is 39.9 Å². The van der Waals surface area contributed by atoms with Crippen molar-refractivity contribution in [1.82, 2.24) is 9.88 Å². The molecule has 3 aromatic rings. The Balaban J connectivity index is 1.37. The molecule has 0 bridgehead atoms. The van der Waals surface area contributed by atoms with Gasteiger partial charge in [0.1, 0.15) is 6.61 Å². The van der Waals surface area contributed by atoms with Gasteiger partial charge in [-0.1, -0.05) is 24.3 Å². The summed E-state index contributed by atoms with van der Waals surface area (Å²) < 4.78 is 5.42. The number of hydrogen-bond acceptors (Lipinski definition) is 6. The number of amides is 2. The van der Waals surface area contributed by atoms with Crippen LogP contribution in [0.2, 0.25) is 0 Å². The van der Waals surface area contributed by atoms with Gasteiger partial charge in [-0.2, -0.15) is 0 Å². The number of hydrogen-bond donors (Lipinski definition) is 0. The van der Waals surface area contributed by atoms with Crippen molar-refractivity contribution in [2.75, 3.05) is 11.4 Å². The molecule has 8 heteroatoms. The fraction of sp³-hybridized carbons (Fsp3) is 0.280. The zero-order valence-electron chi connectivity index (χ0n) is 18.6. The Kier molecular flexibility index (Phi) is 6.84. The molecule has 0 aliphatic carbocycles. The van der Waals surface area contributed by atoms with Crippen molar-refractivity contribution in [3.8, 4) is 0 Å². The molecule has 0 unspecified atom stereocenters. The van der Waals surface area contributed by atoms with Crippen LogP contribution >= 0.6 is 11.3 Å². The fourth-order valence-corrected chi connectivity index (χ4v) is 4.59. The maximum atomic E-state index is 12.5. The van der Waals surface area contributed by atoms with Gasteiger partial charge in [-0.25, -0.2) is 9.78 Å². The van der Waals surface area contributed by atoms with Crippen LogP contribution in [0, 0.1) is 6.92 Å². The van der Waals surface area contributed by atoms with E-state index in [2.05, 4.69) is 4.98 Å². The second kappa shape index (κ2) is 9.95. The topological polar surface area (TPSA) is 79.8 Å². The molecular formula is C25H25N3O4S. The smallest absolute Gasteiger partial charge is 0.338 e. The Morgan fingerprint density at radius 1 is 1.18 bits per heavy atom. The normalized spacial score (nSPS) is 13.3. The number of carbonyl (C=O) groups excluding carboxylic acids is 3. The Labute approximate surface area is 196 Å². The van der Waals surface area contributed by atoms with E-state index in [0.717, 1.165) is 29.8 Å². The van der Waals surface area contributed by atoms with E-state index in [-0.39, 0.29) is 18.4 Å². The number of likely N-dealkylation sites (tertiary alicyclic amines) is 1. The lowest BCUT2D eigenvalue weighted by Crippen LogP contribution is -2.23. The van der Waals surface area contributed by atoms with E-state index < -0.39 is 5.97 Å². The monoisotopic (exact) mass is 463 g/mol. The molecule has 170 valence electrons. The van der Waals surface area contributed by atoms with Gasteiger partial charge in [0.15, 0.2) is 5.13 Å². The quantitative estimate of drug-likeness (QED) is 0.478. The standard InChI is InChI=1S/C25H25N3O4S/c1-17-5-3-6-22(13-17)28(18(2)29)25-26-21(16-33-25)15-32-24(31)20-10-8-19(9-11-20)14-27-12-4-7-23(27)30/h3,5-6,8-11,13,16H,4,7,12,14-15H2,1-2H3. The molecule has 0 atom stereocenters. The van der Waals surface area contributed by atoms with Crippen molar-refractivity contribution in [3.63, 3.8) is 0 Å². The fourth-order valence-electron chi connectivity index (χ4n) is 3.72. The number of nitrogens with zero attached hydrogens (tertiary/aromatic N) is 3. The molecule has 2 heterocycles. The predicted octanol–water partition coefficient (Wildman–Crippen LogP) is 4.62. The average molecular weight is 464 g/mol. The summed E-state index contributed by atoms with van der Waals surface area (Å²) in [5.41, 5.74) is 3.78. The highest BCUT2D eigenvalue weighted by Gasteiger charge is 2.21. The Morgan fingerprint density at radius 3 is 2.64 bits per heavy atom. The highest BCUT2D eigenvalue weighted by Crippen LogP contribution is 2.29. The number of rotatable bonds is 7. The lowest BCUT2D eigenvalue weighted by atomic mass is 10.1. The summed E-state index contributed by atoms with van der Waals surface area (Å²) in [5, 5.41) is 2.31. The lowest BCUT2D eigenvalue weighted by Gasteiger charge is -2.18. The van der Waals surface area contributed by atoms with Gasteiger partial charge >= 0.3 is 5.97 Å². The molecule has 1 aromatic heterocycles. The molecular weight excluding hydrogens is 438 g/mol. The molecule has 0 spiro atoms. The van der Waals surface area contributed by atoms with E-state index in [4.69, 9.17) is 4.74 Å². The van der Waals surface area contributed by atoms with E-state index >= 15 is 0 Å². The number of anilines is 2. The molecule has 1 fully saturated rings. The first-order valence-electron chi connectivity index (χ1n) is 10.8. The van der Waals surface area contributed by atoms with Crippen molar-refractivity contribution in [2.24, 2.45) is 0 Å². The second-order valence-corrected chi connectivity index (χ2v) is 8.84. The second-order valence-electron chi connectivity index (χ2n) is 8.01. The third-order valence-corrected chi connectivity index (χ3v) is 6.27. The van der Waals surface area contributed by atoms with Crippen molar-refractivity contribution in [3.05, 3.63) is 76.3 Å². The van der Waals surface area contributed by atoms with Crippen LogP contribution in [-0.2, 0) is 27.5 Å². The molecule has 0 radical (unpaired) electrons. The number of aromatic nitrogens is 1. The number of esters is 1. The summed E-state index contributed by atoms with van der Waals surface area (Å²) >= 11 is 1.32. The van der Waals surface area contributed by atoms with Crippen LogP contribution in [0.5, 0.6) is 0 Å². The molecule has 2 aromatic carbocycles. The highest BCUT2D eigenvalue weighted by molar-refractivity contribution is 7.14. The minimum absolute atomic E-state index is 0.0128. The van der Waals surface area contributed by atoms with Crippen LogP contribution in [0.3, 0.4) is 0 Å². The van der Waals surface area contributed by atoms with E-state index in [1.54, 1.807) is 22.4 Å². The van der Waals surface area contributed by atoms with Gasteiger partial charge in [0.2, 0.25) is 11.8 Å². The van der Waals surface area contributed by atoms with Crippen LogP contribution in [0.15, 0.2) is 53.9 Å². The van der Waals surface area contributed by atoms with E-state index in [1.165, 1.54) is 18.3 Å². The van der Waals surface area contributed by atoms with Crippen molar-refractivity contribution in [1.29, 1.82) is 0 Å². The van der Waals surface area contributed by atoms with Gasteiger partial charge < -0.3 is 9.64 Å². The summed E-state index contributed by atoms with van der Waals surface area (Å²) in [4.78, 5) is 44.4. The van der Waals surface area contributed by atoms with Gasteiger partial charge in [0.25, 0.3) is 0 Å². The van der Waals surface area contributed by atoms with E-state index in [9.17, 15) is 14.4 Å². The zero-order chi connectivity index (χ0) is 23.4. The molecule has 0 saturated carbocycles. The molecule has 1 aliphatic rings. The zero-order valence-corrected chi connectivity index (χ0v) is 19.4. The maximum absolute atomic E-state index is 12.5. The van der Waals surface area contributed by atoms with Crippen LogP contribution in [0.25, 0.3) is 0 Å². The number of aryl methyl sites for hydroxylation is 1. The highest BCUT2D eigenvalue weighted by atomic mass is 32.1. The summed E-state index contributed by atoms with van der Waals surface area (Å²) in [6.07, 6.45) is 1.51. The first kappa shape index (κ1) is 22.7. The Morgan fingerprint density at radius 2 is 1.97 bits per heavy atom. The van der Waals surface area contributed by atoms with E-state index in [0.29, 0.717) is 29.4 Å². The molecule has 33 heavy (non-hydrogen) atoms. The van der Waals surface area contributed by atoms with Crippen LogP contribution in [-0.4, -0.2) is 34.2 Å². The first-order chi connectivity index (χ1) is 15.9. The number of ether oxygens (including phenoxy) is 1. The molecule has 4 rings (SSSR count). The number of benzene rings is 2. The average Bonchev–Trinajstić information content (AvgIpc) is 3.42.